The average molecular weight is 484 g/mol. The predicted octanol–water partition coefficient (Wildman–Crippen LogP) is 3.45. The lowest BCUT2D eigenvalue weighted by Gasteiger charge is -2.31. The highest BCUT2D eigenvalue weighted by Crippen LogP contribution is 2.23. The minimum atomic E-state index is -0.704. The van der Waals surface area contributed by atoms with Crippen molar-refractivity contribution in [2.75, 3.05) is 13.6 Å². The van der Waals surface area contributed by atoms with Gasteiger partial charge in [0, 0.05) is 33.0 Å². The first-order valence-electron chi connectivity index (χ1n) is 12.0. The Morgan fingerprint density at radius 2 is 1.33 bits per heavy atom. The maximum absolute atomic E-state index is 13.5. The number of hydrogen-bond donors (Lipinski definition) is 1. The van der Waals surface area contributed by atoms with Gasteiger partial charge in [-0.1, -0.05) is 72.8 Å². The first-order chi connectivity index (χ1) is 17.5. The minimum absolute atomic E-state index is 0.0997. The van der Waals surface area contributed by atoms with Gasteiger partial charge >= 0.3 is 0 Å². The first kappa shape index (κ1) is 24.9. The number of benzene rings is 3. The van der Waals surface area contributed by atoms with E-state index in [0.29, 0.717) is 24.0 Å². The quantitative estimate of drug-likeness (QED) is 0.448. The minimum Gasteiger partial charge on any atom is -0.357 e. The molecule has 0 fully saturated rings. The van der Waals surface area contributed by atoms with Gasteiger partial charge in [0.2, 0.25) is 11.8 Å². The summed E-state index contributed by atoms with van der Waals surface area (Å²) in [6, 6.07) is 25.1. The van der Waals surface area contributed by atoms with Crippen molar-refractivity contribution in [2.45, 2.75) is 31.8 Å². The molecule has 4 amide bonds. The summed E-state index contributed by atoms with van der Waals surface area (Å²) in [5.41, 5.74) is 2.64. The number of rotatable bonds is 10. The van der Waals surface area contributed by atoms with E-state index in [1.807, 2.05) is 60.7 Å². The summed E-state index contributed by atoms with van der Waals surface area (Å²) in [5, 5.41) is 2.70. The monoisotopic (exact) mass is 483 g/mol. The van der Waals surface area contributed by atoms with Gasteiger partial charge in [-0.05, 0) is 29.7 Å². The zero-order valence-corrected chi connectivity index (χ0v) is 20.2. The van der Waals surface area contributed by atoms with E-state index >= 15 is 0 Å². The molecule has 3 aromatic carbocycles. The summed E-state index contributed by atoms with van der Waals surface area (Å²) < 4.78 is 0. The van der Waals surface area contributed by atoms with E-state index in [9.17, 15) is 19.2 Å². The topological polar surface area (TPSA) is 86.8 Å². The van der Waals surface area contributed by atoms with Gasteiger partial charge in [0.1, 0.15) is 6.04 Å². The summed E-state index contributed by atoms with van der Waals surface area (Å²) in [7, 11) is 1.56. The normalized spacial score (nSPS) is 13.3. The average Bonchev–Trinajstić information content (AvgIpc) is 3.16. The van der Waals surface area contributed by atoms with Gasteiger partial charge in [0.05, 0.1) is 11.1 Å². The van der Waals surface area contributed by atoms with E-state index in [1.54, 1.807) is 36.2 Å². The highest BCUT2D eigenvalue weighted by atomic mass is 16.2. The first-order valence-corrected chi connectivity index (χ1v) is 12.0. The fourth-order valence-corrected chi connectivity index (χ4v) is 4.47. The van der Waals surface area contributed by atoms with Crippen LogP contribution >= 0.6 is 0 Å². The Hall–Kier alpha value is -4.26. The van der Waals surface area contributed by atoms with E-state index in [2.05, 4.69) is 5.32 Å². The standard InChI is InChI=1S/C29H29N3O4/c1-30-27(34)25(19-21-11-4-2-5-12-21)32(20-22-13-6-3-7-14-22)26(33)17-10-18-31-28(35)23-15-8-9-16-24(23)29(31)36/h2-9,11-16,25H,10,17-20H2,1H3,(H,30,34). The lowest BCUT2D eigenvalue weighted by Crippen LogP contribution is -2.49. The molecule has 1 heterocycles. The second kappa shape index (κ2) is 11.4. The molecule has 0 spiro atoms. The largest absolute Gasteiger partial charge is 0.357 e. The number of fused-ring (bicyclic) bond motifs is 1. The Balaban J connectivity index is 1.49. The molecular formula is C29H29N3O4. The molecule has 0 radical (unpaired) electrons. The zero-order valence-electron chi connectivity index (χ0n) is 20.2. The molecule has 0 saturated carbocycles. The van der Waals surface area contributed by atoms with Crippen LogP contribution < -0.4 is 5.32 Å². The summed E-state index contributed by atoms with van der Waals surface area (Å²) in [5.74, 6) is -1.13. The van der Waals surface area contributed by atoms with Crippen molar-refractivity contribution < 1.29 is 19.2 Å². The molecule has 184 valence electrons. The molecule has 3 aromatic rings. The van der Waals surface area contributed by atoms with Gasteiger partial charge < -0.3 is 10.2 Å². The second-order valence-corrected chi connectivity index (χ2v) is 8.74. The van der Waals surface area contributed by atoms with Crippen LogP contribution in [0.5, 0.6) is 0 Å². The number of nitrogens with zero attached hydrogens (tertiary/aromatic N) is 2. The highest BCUT2D eigenvalue weighted by Gasteiger charge is 2.35. The maximum atomic E-state index is 13.5. The molecule has 1 atom stereocenters. The van der Waals surface area contributed by atoms with Crippen molar-refractivity contribution in [3.63, 3.8) is 0 Å². The van der Waals surface area contributed by atoms with Crippen molar-refractivity contribution in [3.05, 3.63) is 107 Å². The Kier molecular flexibility index (Phi) is 7.90. The molecular weight excluding hydrogens is 454 g/mol. The summed E-state index contributed by atoms with van der Waals surface area (Å²) in [4.78, 5) is 54.6. The van der Waals surface area contributed by atoms with E-state index < -0.39 is 6.04 Å². The van der Waals surface area contributed by atoms with Crippen LogP contribution in [-0.2, 0) is 22.6 Å². The van der Waals surface area contributed by atoms with E-state index in [0.717, 1.165) is 11.1 Å². The molecule has 36 heavy (non-hydrogen) atoms. The van der Waals surface area contributed by atoms with E-state index in [-0.39, 0.29) is 43.1 Å². The number of carbonyl (C=O) groups excluding carboxylic acids is 4. The molecule has 1 N–H and O–H groups in total. The van der Waals surface area contributed by atoms with Gasteiger partial charge in [-0.3, -0.25) is 24.1 Å². The molecule has 7 heteroatoms. The maximum Gasteiger partial charge on any atom is 0.261 e. The Bertz CT molecular complexity index is 1210. The van der Waals surface area contributed by atoms with Crippen molar-refractivity contribution in [3.8, 4) is 0 Å². The lowest BCUT2D eigenvalue weighted by atomic mass is 10.0. The smallest absolute Gasteiger partial charge is 0.261 e. The number of likely N-dealkylation sites (N-methyl/N-ethyl adjacent to an activating group) is 1. The predicted molar refractivity (Wildman–Crippen MR) is 136 cm³/mol. The number of carbonyl (C=O) groups is 4. The third-order valence-corrected chi connectivity index (χ3v) is 6.36. The van der Waals surface area contributed by atoms with Gasteiger partial charge in [0.15, 0.2) is 0 Å². The van der Waals surface area contributed by atoms with Crippen molar-refractivity contribution in [1.29, 1.82) is 0 Å². The SMILES string of the molecule is CNC(=O)C(Cc1ccccc1)N(Cc1ccccc1)C(=O)CCCN1C(=O)c2ccccc2C1=O. The third kappa shape index (κ3) is 5.51. The number of nitrogens with one attached hydrogen (secondary N) is 1. The molecule has 0 saturated heterocycles. The van der Waals surface area contributed by atoms with Crippen LogP contribution in [0.1, 0.15) is 44.7 Å². The molecule has 4 rings (SSSR count). The van der Waals surface area contributed by atoms with Crippen LogP contribution in [0.2, 0.25) is 0 Å². The number of amides is 4. The van der Waals surface area contributed by atoms with Crippen LogP contribution in [0, 0.1) is 0 Å². The summed E-state index contributed by atoms with van der Waals surface area (Å²) >= 11 is 0. The molecule has 1 unspecified atom stereocenters. The second-order valence-electron chi connectivity index (χ2n) is 8.74. The molecule has 7 nitrogen and oxygen atoms in total. The van der Waals surface area contributed by atoms with Crippen molar-refractivity contribution >= 4 is 23.6 Å². The van der Waals surface area contributed by atoms with Crippen LogP contribution in [0.25, 0.3) is 0 Å². The van der Waals surface area contributed by atoms with Crippen LogP contribution in [0.3, 0.4) is 0 Å². The number of hydrogen-bond acceptors (Lipinski definition) is 4. The zero-order chi connectivity index (χ0) is 25.5. The van der Waals surface area contributed by atoms with Gasteiger partial charge in [-0.25, -0.2) is 0 Å². The van der Waals surface area contributed by atoms with E-state index in [1.165, 1.54) is 4.90 Å². The molecule has 0 aromatic heterocycles. The van der Waals surface area contributed by atoms with Crippen LogP contribution in [0.4, 0.5) is 0 Å². The van der Waals surface area contributed by atoms with Gasteiger partial charge in [0.25, 0.3) is 11.8 Å². The van der Waals surface area contributed by atoms with Crippen molar-refractivity contribution in [1.82, 2.24) is 15.1 Å². The fourth-order valence-electron chi connectivity index (χ4n) is 4.47. The Morgan fingerprint density at radius 1 is 0.806 bits per heavy atom. The number of imide groups is 1. The summed E-state index contributed by atoms with van der Waals surface area (Å²) in [6.45, 7) is 0.415. The Labute approximate surface area is 210 Å². The van der Waals surface area contributed by atoms with E-state index in [4.69, 9.17) is 0 Å². The molecule has 0 bridgehead atoms. The summed E-state index contributed by atoms with van der Waals surface area (Å²) in [6.07, 6.45) is 0.779. The fraction of sp³-hybridized carbons (Fsp3) is 0.241. The molecule has 1 aliphatic rings. The van der Waals surface area contributed by atoms with Crippen molar-refractivity contribution in [2.24, 2.45) is 0 Å². The highest BCUT2D eigenvalue weighted by molar-refractivity contribution is 6.21. The molecule has 0 aliphatic carbocycles. The van der Waals surface area contributed by atoms with Crippen LogP contribution in [0.15, 0.2) is 84.9 Å². The van der Waals surface area contributed by atoms with Crippen LogP contribution in [-0.4, -0.2) is 53.1 Å². The van der Waals surface area contributed by atoms with Gasteiger partial charge in [-0.2, -0.15) is 0 Å². The molecule has 1 aliphatic heterocycles. The third-order valence-electron chi connectivity index (χ3n) is 6.36. The lowest BCUT2D eigenvalue weighted by molar-refractivity contribution is -0.141. The Morgan fingerprint density at radius 3 is 1.89 bits per heavy atom. The van der Waals surface area contributed by atoms with Gasteiger partial charge in [-0.15, -0.1) is 0 Å².